The highest BCUT2D eigenvalue weighted by Crippen LogP contribution is 2.36. The lowest BCUT2D eigenvalue weighted by atomic mass is 10.1. The quantitative estimate of drug-likeness (QED) is 0.432. The first-order chi connectivity index (χ1) is 13.1. The Kier molecular flexibility index (Phi) is 3.48. The molecule has 0 bridgehead atoms. The van der Waals surface area contributed by atoms with Gasteiger partial charge in [0.15, 0.2) is 5.82 Å². The normalized spacial score (nSPS) is 12.3. The maximum atomic E-state index is 13.0. The summed E-state index contributed by atoms with van der Waals surface area (Å²) < 4.78 is 13.4. The first-order valence-corrected chi connectivity index (χ1v) is 9.14. The Labute approximate surface area is 162 Å². The highest BCUT2D eigenvalue weighted by atomic mass is 79.9. The van der Waals surface area contributed by atoms with Crippen molar-refractivity contribution in [2.24, 2.45) is 0 Å². The summed E-state index contributed by atoms with van der Waals surface area (Å²) >= 11 is 3.42. The van der Waals surface area contributed by atoms with Crippen molar-refractivity contribution in [2.45, 2.75) is 6.54 Å². The summed E-state index contributed by atoms with van der Waals surface area (Å²) in [6.07, 6.45) is 0. The molecule has 0 unspecified atom stereocenters. The molecule has 0 fully saturated rings. The number of pyridine rings is 1. The molecule has 1 aliphatic heterocycles. The summed E-state index contributed by atoms with van der Waals surface area (Å²) in [6, 6.07) is 11.2. The first-order valence-electron chi connectivity index (χ1n) is 8.35. The number of hydrogen-bond acceptors (Lipinski definition) is 5. The number of nitrogens with zero attached hydrogens (tertiary/aromatic N) is 3. The summed E-state index contributed by atoms with van der Waals surface area (Å²) in [4.78, 5) is 22.5. The van der Waals surface area contributed by atoms with Crippen molar-refractivity contribution >= 4 is 37.7 Å². The molecule has 1 aliphatic rings. The Morgan fingerprint density at radius 2 is 1.85 bits per heavy atom. The molecule has 0 saturated heterocycles. The summed E-state index contributed by atoms with van der Waals surface area (Å²) in [5.74, 6) is 1.94. The molecule has 2 aromatic heterocycles. The lowest BCUT2D eigenvalue weighted by molar-refractivity contribution is 0.398. The van der Waals surface area contributed by atoms with Gasteiger partial charge in [0.2, 0.25) is 0 Å². The molecule has 2 aromatic carbocycles. The molecule has 0 radical (unpaired) electrons. The molecule has 134 valence electrons. The third kappa shape index (κ3) is 2.35. The molecule has 0 amide bonds. The van der Waals surface area contributed by atoms with E-state index in [1.54, 1.807) is 24.9 Å². The number of halogens is 1. The fourth-order valence-electron chi connectivity index (χ4n) is 3.55. The SMILES string of the molecule is COc1cc(OC)c2cc3c(nc2c1)-c1nc2ccc(Br)cc2c(=O)n1C3. The van der Waals surface area contributed by atoms with E-state index in [4.69, 9.17) is 19.4 Å². The second kappa shape index (κ2) is 5.79. The Bertz CT molecular complexity index is 1310. The predicted octanol–water partition coefficient (Wildman–Crippen LogP) is 3.75. The fraction of sp³-hybridized carbons (Fsp3) is 0.150. The van der Waals surface area contributed by atoms with E-state index in [0.717, 1.165) is 26.6 Å². The van der Waals surface area contributed by atoms with Gasteiger partial charge in [-0.1, -0.05) is 15.9 Å². The predicted molar refractivity (Wildman–Crippen MR) is 107 cm³/mol. The van der Waals surface area contributed by atoms with Crippen LogP contribution in [0.25, 0.3) is 33.3 Å². The van der Waals surface area contributed by atoms with Gasteiger partial charge in [0, 0.05) is 27.6 Å². The molecule has 5 rings (SSSR count). The van der Waals surface area contributed by atoms with E-state index in [1.165, 1.54) is 0 Å². The second-order valence-electron chi connectivity index (χ2n) is 6.38. The average molecular weight is 424 g/mol. The molecule has 0 N–H and O–H groups in total. The van der Waals surface area contributed by atoms with Crippen LogP contribution in [0.3, 0.4) is 0 Å². The number of hydrogen-bond donors (Lipinski definition) is 0. The third-order valence-corrected chi connectivity index (χ3v) is 5.35. The second-order valence-corrected chi connectivity index (χ2v) is 7.30. The zero-order chi connectivity index (χ0) is 18.7. The van der Waals surface area contributed by atoms with Gasteiger partial charge < -0.3 is 9.47 Å². The van der Waals surface area contributed by atoms with E-state index >= 15 is 0 Å². The molecule has 0 saturated carbocycles. The first kappa shape index (κ1) is 16.3. The third-order valence-electron chi connectivity index (χ3n) is 4.86. The van der Waals surface area contributed by atoms with Crippen LogP contribution in [0.5, 0.6) is 11.5 Å². The van der Waals surface area contributed by atoms with Crippen molar-refractivity contribution in [2.75, 3.05) is 14.2 Å². The number of benzene rings is 2. The van der Waals surface area contributed by atoms with Crippen LogP contribution in [0.4, 0.5) is 0 Å². The highest BCUT2D eigenvalue weighted by molar-refractivity contribution is 9.10. The lowest BCUT2D eigenvalue weighted by Gasteiger charge is -2.09. The molecule has 0 spiro atoms. The van der Waals surface area contributed by atoms with Gasteiger partial charge in [-0.2, -0.15) is 0 Å². The van der Waals surface area contributed by atoms with Crippen LogP contribution in [-0.4, -0.2) is 28.8 Å². The fourth-order valence-corrected chi connectivity index (χ4v) is 3.91. The maximum absolute atomic E-state index is 13.0. The topological polar surface area (TPSA) is 66.2 Å². The Balaban J connectivity index is 1.82. The van der Waals surface area contributed by atoms with Gasteiger partial charge in [0.1, 0.15) is 17.2 Å². The van der Waals surface area contributed by atoms with Gasteiger partial charge in [-0.05, 0) is 24.3 Å². The Hall–Kier alpha value is -2.93. The molecule has 6 nitrogen and oxygen atoms in total. The Morgan fingerprint density at radius 3 is 2.63 bits per heavy atom. The van der Waals surface area contributed by atoms with Gasteiger partial charge in [-0.3, -0.25) is 9.36 Å². The smallest absolute Gasteiger partial charge is 0.262 e. The summed E-state index contributed by atoms with van der Waals surface area (Å²) in [6.45, 7) is 0.442. The zero-order valence-electron chi connectivity index (χ0n) is 14.6. The molecular formula is C20H14BrN3O3. The largest absolute Gasteiger partial charge is 0.497 e. The molecule has 0 atom stereocenters. The van der Waals surface area contributed by atoms with Crippen LogP contribution in [-0.2, 0) is 6.54 Å². The number of aromatic nitrogens is 3. The number of rotatable bonds is 2. The monoisotopic (exact) mass is 423 g/mol. The van der Waals surface area contributed by atoms with E-state index in [0.29, 0.717) is 34.8 Å². The molecular weight excluding hydrogens is 410 g/mol. The zero-order valence-corrected chi connectivity index (χ0v) is 16.2. The number of methoxy groups -OCH3 is 2. The summed E-state index contributed by atoms with van der Waals surface area (Å²) in [5, 5.41) is 1.47. The molecule has 0 aliphatic carbocycles. The van der Waals surface area contributed by atoms with Crippen molar-refractivity contribution in [1.29, 1.82) is 0 Å². The minimum absolute atomic E-state index is 0.0668. The highest BCUT2D eigenvalue weighted by Gasteiger charge is 2.25. The van der Waals surface area contributed by atoms with E-state index < -0.39 is 0 Å². The van der Waals surface area contributed by atoms with Crippen LogP contribution >= 0.6 is 15.9 Å². The Morgan fingerprint density at radius 1 is 1.00 bits per heavy atom. The van der Waals surface area contributed by atoms with Gasteiger partial charge in [-0.25, -0.2) is 9.97 Å². The lowest BCUT2D eigenvalue weighted by Crippen LogP contribution is -2.20. The minimum atomic E-state index is -0.0668. The van der Waals surface area contributed by atoms with Gasteiger partial charge in [0.05, 0.1) is 37.2 Å². The number of fused-ring (bicyclic) bond motifs is 5. The van der Waals surface area contributed by atoms with E-state index in [2.05, 4.69) is 15.9 Å². The van der Waals surface area contributed by atoms with Gasteiger partial charge >= 0.3 is 0 Å². The van der Waals surface area contributed by atoms with E-state index in [1.807, 2.05) is 30.3 Å². The van der Waals surface area contributed by atoms with Gasteiger partial charge in [0.25, 0.3) is 5.56 Å². The minimum Gasteiger partial charge on any atom is -0.497 e. The van der Waals surface area contributed by atoms with E-state index in [-0.39, 0.29) is 5.56 Å². The number of ether oxygens (including phenoxy) is 2. The van der Waals surface area contributed by atoms with Crippen LogP contribution in [0, 0.1) is 0 Å². The van der Waals surface area contributed by atoms with Crippen molar-refractivity contribution < 1.29 is 9.47 Å². The van der Waals surface area contributed by atoms with Crippen molar-refractivity contribution in [3.05, 3.63) is 56.8 Å². The summed E-state index contributed by atoms with van der Waals surface area (Å²) in [7, 11) is 3.22. The molecule has 4 aromatic rings. The van der Waals surface area contributed by atoms with E-state index in [9.17, 15) is 4.79 Å². The standard InChI is InChI=1S/C20H14BrN3O3/c1-26-12-7-16-13(17(8-12)27-2)5-10-9-24-19(18(10)22-16)23-15-4-3-11(21)6-14(15)20(24)25/h3-8H,9H2,1-2H3. The average Bonchev–Trinajstić information content (AvgIpc) is 3.04. The van der Waals surface area contributed by atoms with Crippen molar-refractivity contribution in [3.63, 3.8) is 0 Å². The van der Waals surface area contributed by atoms with Gasteiger partial charge in [-0.15, -0.1) is 0 Å². The molecule has 7 heteroatoms. The van der Waals surface area contributed by atoms with Crippen LogP contribution in [0.2, 0.25) is 0 Å². The van der Waals surface area contributed by atoms with Crippen LogP contribution < -0.4 is 15.0 Å². The van der Waals surface area contributed by atoms with Crippen molar-refractivity contribution in [1.82, 2.24) is 14.5 Å². The maximum Gasteiger partial charge on any atom is 0.262 e. The van der Waals surface area contributed by atoms with Crippen LogP contribution in [0.1, 0.15) is 5.56 Å². The molecule has 3 heterocycles. The van der Waals surface area contributed by atoms with Crippen molar-refractivity contribution in [3.8, 4) is 23.0 Å². The molecule has 27 heavy (non-hydrogen) atoms. The van der Waals surface area contributed by atoms with Crippen LogP contribution in [0.15, 0.2) is 45.7 Å². The summed E-state index contributed by atoms with van der Waals surface area (Å²) in [5.41, 5.74) is 3.00.